The minimum Gasteiger partial charge on any atom is -0.368 e. The Hall–Kier alpha value is -2.64. The summed E-state index contributed by atoms with van der Waals surface area (Å²) < 4.78 is 1.93. The average Bonchev–Trinajstić information content (AvgIpc) is 3.05. The number of hydrogen-bond donors (Lipinski definition) is 2. The summed E-state index contributed by atoms with van der Waals surface area (Å²) >= 11 is 0. The summed E-state index contributed by atoms with van der Waals surface area (Å²) in [5.74, 6) is 2.01. The van der Waals surface area contributed by atoms with Crippen LogP contribution < -0.4 is 10.6 Å². The van der Waals surface area contributed by atoms with Crippen LogP contribution in [0.3, 0.4) is 0 Å². The number of carbonyl (C=O) groups is 1. The molecule has 0 unspecified atom stereocenters. The number of aryl methyl sites for hydroxylation is 1. The van der Waals surface area contributed by atoms with Crippen LogP contribution in [0.4, 0.5) is 10.6 Å². The number of piperidine rings is 1. The van der Waals surface area contributed by atoms with E-state index in [0.717, 1.165) is 31.0 Å². The molecule has 24 heavy (non-hydrogen) atoms. The van der Waals surface area contributed by atoms with Crippen molar-refractivity contribution in [1.29, 1.82) is 0 Å². The fourth-order valence-electron chi connectivity index (χ4n) is 2.97. The van der Waals surface area contributed by atoms with Gasteiger partial charge in [0, 0.05) is 45.3 Å². The van der Waals surface area contributed by atoms with Gasteiger partial charge in [-0.25, -0.2) is 9.78 Å². The van der Waals surface area contributed by atoms with E-state index in [1.807, 2.05) is 34.7 Å². The van der Waals surface area contributed by atoms with Crippen molar-refractivity contribution in [2.45, 2.75) is 18.8 Å². The fraction of sp³-hybridized carbons (Fsp3) is 0.500. The molecule has 0 spiro atoms. The predicted octanol–water partition coefficient (Wildman–Crippen LogP) is 1.21. The lowest BCUT2D eigenvalue weighted by molar-refractivity contribution is 0.178. The second-order valence-corrected chi connectivity index (χ2v) is 5.96. The van der Waals surface area contributed by atoms with Gasteiger partial charge in [0.25, 0.3) is 0 Å². The van der Waals surface area contributed by atoms with Crippen molar-refractivity contribution in [2.75, 3.05) is 31.5 Å². The summed E-state index contributed by atoms with van der Waals surface area (Å²) in [5.41, 5.74) is 0. The Bertz CT molecular complexity index is 657. The number of nitrogens with zero attached hydrogens (tertiary/aromatic N) is 5. The van der Waals surface area contributed by atoms with Gasteiger partial charge in [-0.15, -0.1) is 10.2 Å². The molecule has 2 aromatic heterocycles. The first-order valence-corrected chi connectivity index (χ1v) is 8.25. The minimum absolute atomic E-state index is 0.0234. The third kappa shape index (κ3) is 4.01. The molecular weight excluding hydrogens is 306 g/mol. The minimum atomic E-state index is -0.0234. The average molecular weight is 329 g/mol. The Kier molecular flexibility index (Phi) is 5.25. The topological polar surface area (TPSA) is 88.0 Å². The van der Waals surface area contributed by atoms with Gasteiger partial charge >= 0.3 is 6.03 Å². The Labute approximate surface area is 141 Å². The summed E-state index contributed by atoms with van der Waals surface area (Å²) in [6, 6.07) is 5.67. The molecule has 0 aliphatic carbocycles. The Morgan fingerprint density at radius 1 is 1.38 bits per heavy atom. The standard InChI is InChI=1S/C16H23N7O/c1-22-12-20-21-15(22)13-5-4-10-23(11-13)16(24)19-9-8-18-14-6-2-3-7-17-14/h2-3,6-7,12-13H,4-5,8-11H2,1H3,(H,17,18)(H,19,24)/t13-/m1/s1. The van der Waals surface area contributed by atoms with Crippen LogP contribution in [-0.4, -0.2) is 56.9 Å². The van der Waals surface area contributed by atoms with Gasteiger partial charge < -0.3 is 20.1 Å². The monoisotopic (exact) mass is 329 g/mol. The van der Waals surface area contributed by atoms with Gasteiger partial charge in [-0.3, -0.25) is 0 Å². The molecule has 2 amide bonds. The van der Waals surface area contributed by atoms with E-state index in [0.29, 0.717) is 19.6 Å². The van der Waals surface area contributed by atoms with E-state index in [1.165, 1.54) is 0 Å². The molecule has 1 aliphatic rings. The lowest BCUT2D eigenvalue weighted by Crippen LogP contribution is -2.46. The highest BCUT2D eigenvalue weighted by molar-refractivity contribution is 5.74. The first kappa shape index (κ1) is 16.2. The largest absolute Gasteiger partial charge is 0.368 e. The van der Waals surface area contributed by atoms with Gasteiger partial charge in [0.05, 0.1) is 0 Å². The third-order valence-electron chi connectivity index (χ3n) is 4.19. The number of urea groups is 1. The smallest absolute Gasteiger partial charge is 0.317 e. The highest BCUT2D eigenvalue weighted by Gasteiger charge is 2.27. The van der Waals surface area contributed by atoms with Crippen LogP contribution >= 0.6 is 0 Å². The molecule has 3 heterocycles. The lowest BCUT2D eigenvalue weighted by atomic mass is 9.97. The van der Waals surface area contributed by atoms with Crippen molar-refractivity contribution < 1.29 is 4.79 Å². The number of nitrogens with one attached hydrogen (secondary N) is 2. The summed E-state index contributed by atoms with van der Waals surface area (Å²) in [7, 11) is 1.94. The summed E-state index contributed by atoms with van der Waals surface area (Å²) in [6.07, 6.45) is 5.47. The predicted molar refractivity (Wildman–Crippen MR) is 90.7 cm³/mol. The first-order chi connectivity index (χ1) is 11.7. The Morgan fingerprint density at radius 3 is 3.04 bits per heavy atom. The second-order valence-electron chi connectivity index (χ2n) is 5.96. The van der Waals surface area contributed by atoms with Crippen LogP contribution in [0.15, 0.2) is 30.7 Å². The molecule has 0 saturated carbocycles. The molecule has 1 saturated heterocycles. The van der Waals surface area contributed by atoms with Crippen LogP contribution in [-0.2, 0) is 7.05 Å². The van der Waals surface area contributed by atoms with Crippen LogP contribution in [0, 0.1) is 0 Å². The molecular formula is C16H23N7O. The summed E-state index contributed by atoms with van der Waals surface area (Å²) in [4.78, 5) is 18.4. The Balaban J connectivity index is 1.44. The lowest BCUT2D eigenvalue weighted by Gasteiger charge is -2.32. The van der Waals surface area contributed by atoms with Gasteiger partial charge in [0.2, 0.25) is 0 Å². The van der Waals surface area contributed by atoms with Crippen LogP contribution in [0.5, 0.6) is 0 Å². The van der Waals surface area contributed by atoms with Gasteiger partial charge in [-0.05, 0) is 25.0 Å². The zero-order valence-corrected chi connectivity index (χ0v) is 13.9. The highest BCUT2D eigenvalue weighted by Crippen LogP contribution is 2.24. The van der Waals surface area contributed by atoms with E-state index < -0.39 is 0 Å². The molecule has 1 fully saturated rings. The molecule has 2 aromatic rings. The van der Waals surface area contributed by atoms with E-state index in [2.05, 4.69) is 25.8 Å². The number of pyridine rings is 1. The summed E-state index contributed by atoms with van der Waals surface area (Å²) in [5, 5.41) is 14.2. The summed E-state index contributed by atoms with van der Waals surface area (Å²) in [6.45, 7) is 2.67. The van der Waals surface area contributed by atoms with Crippen LogP contribution in [0.1, 0.15) is 24.6 Å². The molecule has 8 heteroatoms. The maximum absolute atomic E-state index is 12.3. The van der Waals surface area contributed by atoms with Crippen molar-refractivity contribution in [1.82, 2.24) is 30.0 Å². The maximum atomic E-state index is 12.3. The molecule has 128 valence electrons. The molecule has 2 N–H and O–H groups in total. The number of hydrogen-bond acceptors (Lipinski definition) is 5. The first-order valence-electron chi connectivity index (χ1n) is 8.25. The van der Waals surface area contributed by atoms with Gasteiger partial charge in [-0.1, -0.05) is 6.07 Å². The third-order valence-corrected chi connectivity index (χ3v) is 4.19. The fourth-order valence-corrected chi connectivity index (χ4v) is 2.97. The van der Waals surface area contributed by atoms with Crippen molar-refractivity contribution in [3.63, 3.8) is 0 Å². The molecule has 1 aliphatic heterocycles. The van der Waals surface area contributed by atoms with E-state index in [1.54, 1.807) is 12.5 Å². The van der Waals surface area contributed by atoms with E-state index in [9.17, 15) is 4.79 Å². The Morgan fingerprint density at radius 2 is 2.29 bits per heavy atom. The van der Waals surface area contributed by atoms with E-state index >= 15 is 0 Å². The molecule has 8 nitrogen and oxygen atoms in total. The number of anilines is 1. The zero-order valence-electron chi connectivity index (χ0n) is 13.9. The SMILES string of the molecule is Cn1cnnc1[C@@H]1CCCN(C(=O)NCCNc2ccccn2)C1. The highest BCUT2D eigenvalue weighted by atomic mass is 16.2. The van der Waals surface area contributed by atoms with Crippen molar-refractivity contribution in [3.05, 3.63) is 36.5 Å². The van der Waals surface area contributed by atoms with Gasteiger partial charge in [-0.2, -0.15) is 0 Å². The van der Waals surface area contributed by atoms with E-state index in [-0.39, 0.29) is 11.9 Å². The molecule has 1 atom stereocenters. The number of carbonyl (C=O) groups excluding carboxylic acids is 1. The maximum Gasteiger partial charge on any atom is 0.317 e. The van der Waals surface area contributed by atoms with Gasteiger partial charge in [0.15, 0.2) is 0 Å². The number of likely N-dealkylation sites (tertiary alicyclic amines) is 1. The molecule has 3 rings (SSSR count). The second kappa shape index (κ2) is 7.76. The number of aromatic nitrogens is 4. The molecule has 0 aromatic carbocycles. The van der Waals surface area contributed by atoms with Gasteiger partial charge in [0.1, 0.15) is 18.0 Å². The van der Waals surface area contributed by atoms with Crippen molar-refractivity contribution in [3.8, 4) is 0 Å². The van der Waals surface area contributed by atoms with Crippen molar-refractivity contribution >= 4 is 11.8 Å². The van der Waals surface area contributed by atoms with E-state index in [4.69, 9.17) is 0 Å². The quantitative estimate of drug-likeness (QED) is 0.805. The number of rotatable bonds is 5. The number of amides is 2. The van der Waals surface area contributed by atoms with Crippen LogP contribution in [0.2, 0.25) is 0 Å². The molecule has 0 bridgehead atoms. The zero-order chi connectivity index (χ0) is 16.8. The normalized spacial score (nSPS) is 17.5. The van der Waals surface area contributed by atoms with Crippen LogP contribution in [0.25, 0.3) is 0 Å². The molecule has 0 radical (unpaired) electrons. The van der Waals surface area contributed by atoms with Crippen molar-refractivity contribution in [2.24, 2.45) is 7.05 Å².